The van der Waals surface area contributed by atoms with Gasteiger partial charge in [0.2, 0.25) is 0 Å². The number of nitrogens with two attached hydrogens (primary N) is 1. The summed E-state index contributed by atoms with van der Waals surface area (Å²) < 4.78 is 43.9. The molecular weight excluding hydrogens is 332 g/mol. The Morgan fingerprint density at radius 1 is 1.53 bits per heavy atom. The molecule has 0 saturated heterocycles. The van der Waals surface area contributed by atoms with Gasteiger partial charge in [-0.15, -0.1) is 13.2 Å². The number of primary amides is 1. The van der Waals surface area contributed by atoms with Gasteiger partial charge in [-0.05, 0) is 15.9 Å². The molecule has 1 aromatic heterocycles. The smallest absolute Gasteiger partial charge is 0.405 e. The fraction of sp³-hybridized carbons (Fsp3) is 0.143. The molecule has 0 bridgehead atoms. The Morgan fingerprint density at radius 3 is 2.59 bits per heavy atom. The van der Waals surface area contributed by atoms with Crippen LogP contribution in [0.15, 0.2) is 10.5 Å². The van der Waals surface area contributed by atoms with Gasteiger partial charge < -0.3 is 15.2 Å². The molecule has 0 atom stereocenters. The normalized spacial score (nSPS) is 11.1. The van der Waals surface area contributed by atoms with Crippen LogP contribution in [-0.2, 0) is 0 Å². The molecule has 5 nitrogen and oxygen atoms in total. The lowest BCUT2D eigenvalue weighted by molar-refractivity contribution is -0.276. The minimum absolute atomic E-state index is 0.116. The summed E-state index contributed by atoms with van der Waals surface area (Å²) >= 11 is 8.36. The summed E-state index contributed by atoms with van der Waals surface area (Å²) in [6, 6.07) is 0.973. The predicted molar refractivity (Wildman–Crippen MR) is 53.8 cm³/mol. The number of aromatic nitrogens is 1. The summed E-state index contributed by atoms with van der Waals surface area (Å²) in [5, 5.41) is -0.291. The van der Waals surface area contributed by atoms with E-state index in [1.165, 1.54) is 0 Å². The molecule has 0 saturated carbocycles. The predicted octanol–water partition coefficient (Wildman–Crippen LogP) is 2.85. The lowest BCUT2D eigenvalue weighted by atomic mass is 10.4. The van der Waals surface area contributed by atoms with Crippen LogP contribution in [0.3, 0.4) is 0 Å². The highest BCUT2D eigenvalue weighted by Gasteiger charge is 2.34. The van der Waals surface area contributed by atoms with Gasteiger partial charge in [0.15, 0.2) is 5.75 Å². The van der Waals surface area contributed by atoms with Gasteiger partial charge in [-0.3, -0.25) is 0 Å². The van der Waals surface area contributed by atoms with Crippen LogP contribution in [-0.4, -0.2) is 17.4 Å². The van der Waals surface area contributed by atoms with Crippen molar-refractivity contribution in [3.05, 3.63) is 15.7 Å². The van der Waals surface area contributed by atoms with Gasteiger partial charge >= 0.3 is 12.5 Å². The van der Waals surface area contributed by atoms with E-state index in [-0.39, 0.29) is 9.63 Å². The third kappa shape index (κ3) is 4.27. The maximum Gasteiger partial charge on any atom is 0.574 e. The van der Waals surface area contributed by atoms with Crippen molar-refractivity contribution < 1.29 is 27.4 Å². The number of carbonyl (C=O) groups excluding carboxylic acids is 1. The van der Waals surface area contributed by atoms with Crippen LogP contribution in [0, 0.1) is 0 Å². The van der Waals surface area contributed by atoms with Crippen molar-refractivity contribution in [2.75, 3.05) is 0 Å². The van der Waals surface area contributed by atoms with Crippen molar-refractivity contribution in [3.8, 4) is 11.6 Å². The molecule has 0 aliphatic heterocycles. The van der Waals surface area contributed by atoms with Gasteiger partial charge in [0.1, 0.15) is 5.15 Å². The Hall–Kier alpha value is -1.22. The molecule has 0 spiro atoms. The average molecular weight is 335 g/mol. The van der Waals surface area contributed by atoms with Gasteiger partial charge in [-0.25, -0.2) is 4.79 Å². The minimum atomic E-state index is -5.00. The molecule has 10 heteroatoms. The summed E-state index contributed by atoms with van der Waals surface area (Å²) in [7, 11) is 0. The number of nitrogens with zero attached hydrogens (tertiary/aromatic N) is 1. The molecule has 0 fully saturated rings. The molecule has 0 aliphatic rings. The quantitative estimate of drug-likeness (QED) is 0.843. The van der Waals surface area contributed by atoms with Crippen molar-refractivity contribution in [1.82, 2.24) is 4.98 Å². The van der Waals surface area contributed by atoms with E-state index in [1.54, 1.807) is 0 Å². The van der Waals surface area contributed by atoms with Crippen LogP contribution in [0.4, 0.5) is 18.0 Å². The highest BCUT2D eigenvalue weighted by atomic mass is 79.9. The Morgan fingerprint density at radius 2 is 2.12 bits per heavy atom. The van der Waals surface area contributed by atoms with Gasteiger partial charge in [0.25, 0.3) is 5.88 Å². The summed E-state index contributed by atoms with van der Waals surface area (Å²) in [6.07, 6.45) is -6.31. The van der Waals surface area contributed by atoms with Gasteiger partial charge in [0, 0.05) is 6.07 Å². The molecule has 0 aliphatic carbocycles. The summed E-state index contributed by atoms with van der Waals surface area (Å²) in [4.78, 5) is 13.7. The maximum atomic E-state index is 12.0. The molecule has 0 aromatic carbocycles. The highest BCUT2D eigenvalue weighted by Crippen LogP contribution is 2.35. The SMILES string of the molecule is NC(=O)Oc1cc(Br)c(Cl)nc1OC(F)(F)F. The van der Waals surface area contributed by atoms with E-state index in [4.69, 9.17) is 11.6 Å². The van der Waals surface area contributed by atoms with Gasteiger partial charge in [-0.1, -0.05) is 11.6 Å². The lowest BCUT2D eigenvalue weighted by Crippen LogP contribution is -2.21. The number of hydrogen-bond acceptors (Lipinski definition) is 4. The highest BCUT2D eigenvalue weighted by molar-refractivity contribution is 9.10. The van der Waals surface area contributed by atoms with Crippen molar-refractivity contribution in [2.45, 2.75) is 6.36 Å². The van der Waals surface area contributed by atoms with Crippen LogP contribution >= 0.6 is 27.5 Å². The second-order valence-electron chi connectivity index (χ2n) is 2.53. The first-order valence-electron chi connectivity index (χ1n) is 3.78. The van der Waals surface area contributed by atoms with Crippen LogP contribution in [0.25, 0.3) is 0 Å². The van der Waals surface area contributed by atoms with Crippen molar-refractivity contribution in [3.63, 3.8) is 0 Å². The van der Waals surface area contributed by atoms with E-state index in [0.29, 0.717) is 0 Å². The zero-order chi connectivity index (χ0) is 13.2. The monoisotopic (exact) mass is 334 g/mol. The molecule has 94 valence electrons. The number of alkyl halides is 3. The Bertz CT molecular complexity index is 455. The number of ether oxygens (including phenoxy) is 2. The second-order valence-corrected chi connectivity index (χ2v) is 3.75. The molecular formula is C7H3BrClF3N2O3. The van der Waals surface area contributed by atoms with Crippen LogP contribution in [0.1, 0.15) is 0 Å². The number of amides is 1. The first-order chi connectivity index (χ1) is 7.69. The molecule has 1 aromatic rings. The van der Waals surface area contributed by atoms with Crippen molar-refractivity contribution >= 4 is 33.6 Å². The molecule has 1 heterocycles. The van der Waals surface area contributed by atoms with E-state index >= 15 is 0 Å². The summed E-state index contributed by atoms with van der Waals surface area (Å²) in [5.74, 6) is -1.62. The fourth-order valence-corrected chi connectivity index (χ4v) is 1.23. The summed E-state index contributed by atoms with van der Waals surface area (Å²) in [6.45, 7) is 0. The first-order valence-corrected chi connectivity index (χ1v) is 4.95. The maximum absolute atomic E-state index is 12.0. The lowest BCUT2D eigenvalue weighted by Gasteiger charge is -2.12. The van der Waals surface area contributed by atoms with E-state index in [1.807, 2.05) is 0 Å². The van der Waals surface area contributed by atoms with Gasteiger partial charge in [0.05, 0.1) is 4.47 Å². The van der Waals surface area contributed by atoms with Crippen molar-refractivity contribution in [1.29, 1.82) is 0 Å². The molecule has 1 rings (SSSR count). The zero-order valence-electron chi connectivity index (χ0n) is 7.72. The molecule has 17 heavy (non-hydrogen) atoms. The number of pyridine rings is 1. The summed E-state index contributed by atoms with van der Waals surface area (Å²) in [5.41, 5.74) is 4.67. The number of carbonyl (C=O) groups is 1. The Kier molecular flexibility index (Phi) is 4.04. The zero-order valence-corrected chi connectivity index (χ0v) is 10.1. The van der Waals surface area contributed by atoms with E-state index in [2.05, 4.69) is 36.1 Å². The third-order valence-electron chi connectivity index (χ3n) is 1.29. The molecule has 1 amide bonds. The van der Waals surface area contributed by atoms with Crippen LogP contribution in [0.5, 0.6) is 11.6 Å². The Labute approximate surface area is 106 Å². The standard InChI is InChI=1S/C7H3BrClF3N2O3/c8-2-1-3(16-6(13)15)5(14-4(2)9)17-7(10,11)12/h1H,(H2,13,15). The minimum Gasteiger partial charge on any atom is -0.405 e. The number of hydrogen-bond donors (Lipinski definition) is 1. The van der Waals surface area contributed by atoms with Crippen LogP contribution < -0.4 is 15.2 Å². The molecule has 2 N–H and O–H groups in total. The molecule has 0 unspecified atom stereocenters. The second kappa shape index (κ2) is 4.96. The topological polar surface area (TPSA) is 74.4 Å². The van der Waals surface area contributed by atoms with E-state index < -0.39 is 24.1 Å². The van der Waals surface area contributed by atoms with E-state index in [0.717, 1.165) is 6.07 Å². The number of rotatable bonds is 2. The van der Waals surface area contributed by atoms with Crippen LogP contribution in [0.2, 0.25) is 5.15 Å². The number of halogens is 5. The third-order valence-corrected chi connectivity index (χ3v) is 2.41. The fourth-order valence-electron chi connectivity index (χ4n) is 0.798. The average Bonchev–Trinajstić information content (AvgIpc) is 2.10. The molecule has 0 radical (unpaired) electrons. The largest absolute Gasteiger partial charge is 0.574 e. The van der Waals surface area contributed by atoms with Gasteiger partial charge in [-0.2, -0.15) is 4.98 Å². The van der Waals surface area contributed by atoms with Crippen molar-refractivity contribution in [2.24, 2.45) is 5.73 Å². The Balaban J connectivity index is 3.16. The first kappa shape index (κ1) is 13.8. The van der Waals surface area contributed by atoms with E-state index in [9.17, 15) is 18.0 Å².